The topological polar surface area (TPSA) is 57.7 Å². The van der Waals surface area contributed by atoms with Crippen molar-refractivity contribution in [3.63, 3.8) is 0 Å². The molecule has 3 aromatic rings. The minimum atomic E-state index is -0.353. The molecule has 0 aromatic heterocycles. The van der Waals surface area contributed by atoms with E-state index in [1.54, 1.807) is 22.7 Å². The fourth-order valence-electron chi connectivity index (χ4n) is 3.80. The van der Waals surface area contributed by atoms with Crippen molar-refractivity contribution in [2.75, 3.05) is 11.4 Å². The van der Waals surface area contributed by atoms with Gasteiger partial charge in [0.25, 0.3) is 11.1 Å². The molecule has 2 heterocycles. The minimum Gasteiger partial charge on any atom is -0.279 e. The molecule has 7 heteroatoms. The lowest BCUT2D eigenvalue weighted by atomic mass is 10.1. The van der Waals surface area contributed by atoms with E-state index in [-0.39, 0.29) is 30.0 Å². The number of nitrogens with zero attached hydrogens (tertiary/aromatic N) is 2. The zero-order valence-electron chi connectivity index (χ0n) is 17.9. The van der Waals surface area contributed by atoms with Gasteiger partial charge in [-0.3, -0.25) is 24.2 Å². The highest BCUT2D eigenvalue weighted by atomic mass is 32.2. The summed E-state index contributed by atoms with van der Waals surface area (Å²) in [7, 11) is 0. The predicted molar refractivity (Wildman–Crippen MR) is 133 cm³/mol. The third-order valence-electron chi connectivity index (χ3n) is 5.48. The Hall–Kier alpha value is -3.29. The number of imide groups is 1. The Labute approximate surface area is 200 Å². The molecule has 2 aliphatic rings. The van der Waals surface area contributed by atoms with Crippen molar-refractivity contribution in [1.82, 2.24) is 4.90 Å². The van der Waals surface area contributed by atoms with Gasteiger partial charge in [0.1, 0.15) is 0 Å². The number of aryl methyl sites for hydroxylation is 1. The second-order valence-corrected chi connectivity index (χ2v) is 9.84. The summed E-state index contributed by atoms with van der Waals surface area (Å²) in [4.78, 5) is 44.0. The second kappa shape index (κ2) is 8.92. The van der Waals surface area contributed by atoms with E-state index in [2.05, 4.69) is 0 Å². The van der Waals surface area contributed by atoms with Gasteiger partial charge in [-0.1, -0.05) is 65.9 Å². The van der Waals surface area contributed by atoms with Crippen molar-refractivity contribution in [2.45, 2.75) is 23.1 Å². The number of benzene rings is 3. The molecule has 164 valence electrons. The van der Waals surface area contributed by atoms with Crippen molar-refractivity contribution in [1.29, 1.82) is 0 Å². The van der Waals surface area contributed by atoms with E-state index in [1.165, 1.54) is 4.90 Å². The molecule has 5 rings (SSSR count). The molecule has 0 saturated carbocycles. The van der Waals surface area contributed by atoms with Crippen LogP contribution in [0.2, 0.25) is 0 Å². The van der Waals surface area contributed by atoms with E-state index in [1.807, 2.05) is 79.7 Å². The molecule has 3 amide bonds. The molecule has 0 spiro atoms. The van der Waals surface area contributed by atoms with Crippen LogP contribution in [0.15, 0.2) is 87.5 Å². The molecule has 0 unspecified atom stereocenters. The smallest absolute Gasteiger partial charge is 0.279 e. The highest BCUT2D eigenvalue weighted by molar-refractivity contribution is 8.18. The van der Waals surface area contributed by atoms with Gasteiger partial charge in [-0.25, -0.2) is 0 Å². The molecule has 1 saturated heterocycles. The van der Waals surface area contributed by atoms with Crippen LogP contribution in [0, 0.1) is 6.92 Å². The van der Waals surface area contributed by atoms with Gasteiger partial charge in [-0.2, -0.15) is 0 Å². The largest absolute Gasteiger partial charge is 0.293 e. The Kier molecular flexibility index (Phi) is 5.83. The van der Waals surface area contributed by atoms with Crippen LogP contribution >= 0.6 is 23.5 Å². The summed E-state index contributed by atoms with van der Waals surface area (Å²) in [5.74, 6) is -0.509. The number of hydrogen-bond acceptors (Lipinski definition) is 5. The molecule has 0 aliphatic carbocycles. The van der Waals surface area contributed by atoms with Crippen LogP contribution in [0.5, 0.6) is 0 Å². The van der Waals surface area contributed by atoms with Gasteiger partial charge in [0.2, 0.25) is 5.91 Å². The molecule has 2 aliphatic heterocycles. The number of para-hydroxylation sites is 2. The number of fused-ring (bicyclic) bond motifs is 2. The van der Waals surface area contributed by atoms with Crippen molar-refractivity contribution < 1.29 is 14.4 Å². The van der Waals surface area contributed by atoms with Gasteiger partial charge < -0.3 is 0 Å². The van der Waals surface area contributed by atoms with Crippen LogP contribution in [0.25, 0.3) is 6.08 Å². The fraction of sp³-hybridized carbons (Fsp3) is 0.115. The average molecular weight is 473 g/mol. The standard InChI is InChI=1S/C26H20N2O3S2/c1-17-10-12-18(13-11-17)16-23-25(30)27(26(31)33-23)15-14-24(29)28-19-6-2-4-8-21(19)32-22-9-5-3-7-20(22)28/h2-13,16H,14-15H2,1H3. The third-order valence-corrected chi connectivity index (χ3v) is 7.52. The number of carbonyl (C=O) groups is 3. The molecular weight excluding hydrogens is 452 g/mol. The summed E-state index contributed by atoms with van der Waals surface area (Å²) >= 11 is 2.54. The molecule has 3 aromatic carbocycles. The van der Waals surface area contributed by atoms with E-state index < -0.39 is 0 Å². The number of thioether (sulfide) groups is 1. The van der Waals surface area contributed by atoms with Gasteiger partial charge in [0.15, 0.2) is 0 Å². The van der Waals surface area contributed by atoms with Crippen LogP contribution in [0.4, 0.5) is 16.2 Å². The average Bonchev–Trinajstić information content (AvgIpc) is 3.09. The first-order chi connectivity index (χ1) is 16.0. The lowest BCUT2D eigenvalue weighted by molar-refractivity contribution is -0.123. The molecule has 0 atom stereocenters. The Balaban J connectivity index is 1.34. The number of rotatable bonds is 4. The first kappa shape index (κ1) is 21.6. The summed E-state index contributed by atoms with van der Waals surface area (Å²) in [5, 5.41) is -0.346. The normalized spacial score (nSPS) is 16.2. The molecule has 33 heavy (non-hydrogen) atoms. The number of amides is 3. The summed E-state index contributed by atoms with van der Waals surface area (Å²) < 4.78 is 0. The lowest BCUT2D eigenvalue weighted by Crippen LogP contribution is -2.35. The van der Waals surface area contributed by atoms with Gasteiger partial charge in [0, 0.05) is 22.8 Å². The van der Waals surface area contributed by atoms with Crippen LogP contribution in [0.3, 0.4) is 0 Å². The van der Waals surface area contributed by atoms with Crippen LogP contribution in [-0.2, 0) is 9.59 Å². The monoisotopic (exact) mass is 472 g/mol. The Morgan fingerprint density at radius 3 is 2.09 bits per heavy atom. The lowest BCUT2D eigenvalue weighted by Gasteiger charge is -2.31. The van der Waals surface area contributed by atoms with Crippen LogP contribution in [-0.4, -0.2) is 28.5 Å². The van der Waals surface area contributed by atoms with E-state index in [0.29, 0.717) is 4.91 Å². The van der Waals surface area contributed by atoms with Crippen molar-refractivity contribution in [3.05, 3.63) is 88.8 Å². The minimum absolute atomic E-state index is 0.0444. The first-order valence-electron chi connectivity index (χ1n) is 10.5. The number of hydrogen-bond donors (Lipinski definition) is 0. The highest BCUT2D eigenvalue weighted by Crippen LogP contribution is 2.48. The van der Waals surface area contributed by atoms with E-state index in [4.69, 9.17) is 0 Å². The van der Waals surface area contributed by atoms with E-state index >= 15 is 0 Å². The van der Waals surface area contributed by atoms with Crippen molar-refractivity contribution >= 4 is 58.0 Å². The van der Waals surface area contributed by atoms with Gasteiger partial charge in [-0.05, 0) is 54.6 Å². The molecule has 0 bridgehead atoms. The Bertz CT molecular complexity index is 1260. The van der Waals surface area contributed by atoms with Gasteiger partial charge >= 0.3 is 0 Å². The Morgan fingerprint density at radius 2 is 1.45 bits per heavy atom. The third kappa shape index (κ3) is 4.21. The summed E-state index contributed by atoms with van der Waals surface area (Å²) in [6, 6.07) is 23.3. The van der Waals surface area contributed by atoms with Gasteiger partial charge in [-0.15, -0.1) is 0 Å². The van der Waals surface area contributed by atoms with E-state index in [9.17, 15) is 14.4 Å². The predicted octanol–water partition coefficient (Wildman–Crippen LogP) is 6.25. The van der Waals surface area contributed by atoms with Gasteiger partial charge in [0.05, 0.1) is 16.3 Å². The van der Waals surface area contributed by atoms with Crippen LogP contribution in [0.1, 0.15) is 17.5 Å². The maximum absolute atomic E-state index is 13.3. The maximum Gasteiger partial charge on any atom is 0.293 e. The zero-order valence-corrected chi connectivity index (χ0v) is 19.5. The fourth-order valence-corrected chi connectivity index (χ4v) is 5.72. The van der Waals surface area contributed by atoms with Crippen molar-refractivity contribution in [2.24, 2.45) is 0 Å². The molecule has 0 N–H and O–H groups in total. The van der Waals surface area contributed by atoms with Crippen LogP contribution < -0.4 is 4.90 Å². The SMILES string of the molecule is Cc1ccc(C=C2SC(=O)N(CCC(=O)N3c4ccccc4Sc4ccccc43)C2=O)cc1. The quantitative estimate of drug-likeness (QED) is 0.420. The molecule has 1 fully saturated rings. The number of anilines is 2. The highest BCUT2D eigenvalue weighted by Gasteiger charge is 2.36. The first-order valence-corrected chi connectivity index (χ1v) is 12.2. The van der Waals surface area contributed by atoms with E-state index in [0.717, 1.165) is 44.1 Å². The van der Waals surface area contributed by atoms with Crippen molar-refractivity contribution in [3.8, 4) is 0 Å². The molecule has 0 radical (unpaired) electrons. The summed E-state index contributed by atoms with van der Waals surface area (Å²) in [6.45, 7) is 2.04. The molecular formula is C26H20N2O3S2. The summed E-state index contributed by atoms with van der Waals surface area (Å²) in [5.41, 5.74) is 3.62. The second-order valence-electron chi connectivity index (χ2n) is 7.76. The maximum atomic E-state index is 13.3. The number of carbonyl (C=O) groups excluding carboxylic acids is 3. The molecule has 5 nitrogen and oxygen atoms in total. The summed E-state index contributed by atoms with van der Waals surface area (Å²) in [6.07, 6.45) is 1.77. The zero-order chi connectivity index (χ0) is 22.9. The Morgan fingerprint density at radius 1 is 0.848 bits per heavy atom.